The van der Waals surface area contributed by atoms with E-state index in [0.717, 1.165) is 31.9 Å². The molecule has 2 N–H and O–H groups in total. The highest BCUT2D eigenvalue weighted by Gasteiger charge is 2.05. The molecule has 0 aliphatic carbocycles. The van der Waals surface area contributed by atoms with E-state index in [9.17, 15) is 4.79 Å². The van der Waals surface area contributed by atoms with Crippen LogP contribution in [0.3, 0.4) is 0 Å². The van der Waals surface area contributed by atoms with Crippen LogP contribution in [0.5, 0.6) is 0 Å². The van der Waals surface area contributed by atoms with Gasteiger partial charge in [-0.15, -0.1) is 0 Å². The number of ether oxygens (including phenoxy) is 1. The second-order valence-corrected chi connectivity index (χ2v) is 3.79. The van der Waals surface area contributed by atoms with Crippen molar-refractivity contribution < 1.29 is 9.53 Å². The molecule has 0 atom stereocenters. The third-order valence-electron chi connectivity index (χ3n) is 2.36. The molecule has 0 amide bonds. The van der Waals surface area contributed by atoms with Crippen molar-refractivity contribution in [3.63, 3.8) is 0 Å². The smallest absolute Gasteiger partial charge is 0.339 e. The minimum Gasteiger partial charge on any atom is -0.462 e. The average Bonchev–Trinajstić information content (AvgIpc) is 2.39. The first-order valence-electron chi connectivity index (χ1n) is 6.35. The Morgan fingerprint density at radius 1 is 1.33 bits per heavy atom. The predicted octanol–water partition coefficient (Wildman–Crippen LogP) is 1.67. The fourth-order valence-corrected chi connectivity index (χ4v) is 1.44. The Morgan fingerprint density at radius 2 is 2.17 bits per heavy atom. The van der Waals surface area contributed by atoms with Crippen LogP contribution in [0.15, 0.2) is 18.3 Å². The molecule has 0 radical (unpaired) electrons. The maximum Gasteiger partial charge on any atom is 0.339 e. The number of rotatable bonds is 8. The van der Waals surface area contributed by atoms with Crippen molar-refractivity contribution in [3.05, 3.63) is 23.9 Å². The molecule has 0 saturated heterocycles. The highest BCUT2D eigenvalue weighted by Crippen LogP contribution is 2.06. The van der Waals surface area contributed by atoms with E-state index in [1.807, 2.05) is 0 Å². The molecule has 0 fully saturated rings. The maximum atomic E-state index is 11.4. The number of nitrogens with zero attached hydrogens (tertiary/aromatic N) is 1. The molecule has 5 heteroatoms. The molecule has 0 spiro atoms. The van der Waals surface area contributed by atoms with Crippen molar-refractivity contribution in [1.82, 2.24) is 10.3 Å². The van der Waals surface area contributed by atoms with E-state index in [0.29, 0.717) is 12.2 Å². The summed E-state index contributed by atoms with van der Waals surface area (Å²) >= 11 is 0. The minimum absolute atomic E-state index is 0.330. The van der Waals surface area contributed by atoms with E-state index >= 15 is 0 Å². The summed E-state index contributed by atoms with van der Waals surface area (Å²) < 4.78 is 4.89. The summed E-state index contributed by atoms with van der Waals surface area (Å²) in [7, 11) is 0. The SMILES string of the molecule is CCNCCCNc1ccc(C(=O)OCC)cn1. The number of esters is 1. The number of carbonyl (C=O) groups excluding carboxylic acids is 1. The largest absolute Gasteiger partial charge is 0.462 e. The molecule has 0 aliphatic rings. The number of carbonyl (C=O) groups is 1. The number of aromatic nitrogens is 1. The van der Waals surface area contributed by atoms with Gasteiger partial charge in [0.25, 0.3) is 0 Å². The third-order valence-corrected chi connectivity index (χ3v) is 2.36. The van der Waals surface area contributed by atoms with Crippen molar-refractivity contribution in [1.29, 1.82) is 0 Å². The predicted molar refractivity (Wildman–Crippen MR) is 71.8 cm³/mol. The van der Waals surface area contributed by atoms with Crippen molar-refractivity contribution in [2.24, 2.45) is 0 Å². The zero-order valence-electron chi connectivity index (χ0n) is 11.0. The Balaban J connectivity index is 2.33. The summed E-state index contributed by atoms with van der Waals surface area (Å²) in [6.45, 7) is 7.09. The van der Waals surface area contributed by atoms with Crippen LogP contribution in [-0.2, 0) is 4.74 Å². The van der Waals surface area contributed by atoms with Crippen LogP contribution in [0.25, 0.3) is 0 Å². The lowest BCUT2D eigenvalue weighted by Crippen LogP contribution is -2.17. The van der Waals surface area contributed by atoms with E-state index < -0.39 is 0 Å². The highest BCUT2D eigenvalue weighted by molar-refractivity contribution is 5.89. The van der Waals surface area contributed by atoms with Crippen molar-refractivity contribution in [2.75, 3.05) is 31.6 Å². The summed E-state index contributed by atoms with van der Waals surface area (Å²) in [4.78, 5) is 15.6. The van der Waals surface area contributed by atoms with Crippen LogP contribution in [0.1, 0.15) is 30.6 Å². The lowest BCUT2D eigenvalue weighted by Gasteiger charge is -2.06. The first-order chi connectivity index (χ1) is 8.77. The third kappa shape index (κ3) is 5.14. The maximum absolute atomic E-state index is 11.4. The van der Waals surface area contributed by atoms with Gasteiger partial charge in [-0.2, -0.15) is 0 Å². The van der Waals surface area contributed by atoms with Gasteiger partial charge in [-0.25, -0.2) is 9.78 Å². The molecule has 0 aromatic carbocycles. The first-order valence-corrected chi connectivity index (χ1v) is 6.35. The fourth-order valence-electron chi connectivity index (χ4n) is 1.44. The lowest BCUT2D eigenvalue weighted by atomic mass is 10.3. The zero-order chi connectivity index (χ0) is 13.2. The van der Waals surface area contributed by atoms with E-state index in [-0.39, 0.29) is 5.97 Å². The number of anilines is 1. The molecular weight excluding hydrogens is 230 g/mol. The minimum atomic E-state index is -0.330. The quantitative estimate of drug-likeness (QED) is 0.543. The fraction of sp³-hybridized carbons (Fsp3) is 0.538. The molecule has 0 bridgehead atoms. The Kier molecular flexibility index (Phi) is 6.79. The van der Waals surface area contributed by atoms with Gasteiger partial charge in [-0.05, 0) is 38.6 Å². The van der Waals surface area contributed by atoms with E-state index in [4.69, 9.17) is 4.74 Å². The van der Waals surface area contributed by atoms with Crippen LogP contribution in [0.4, 0.5) is 5.82 Å². The Morgan fingerprint density at radius 3 is 2.78 bits per heavy atom. The number of nitrogens with one attached hydrogen (secondary N) is 2. The summed E-state index contributed by atoms with van der Waals surface area (Å²) in [5.74, 6) is 0.447. The molecule has 0 unspecified atom stereocenters. The topological polar surface area (TPSA) is 63.2 Å². The number of hydrogen-bond donors (Lipinski definition) is 2. The number of pyridine rings is 1. The van der Waals surface area contributed by atoms with E-state index in [1.54, 1.807) is 19.1 Å². The van der Waals surface area contributed by atoms with Gasteiger partial charge < -0.3 is 15.4 Å². The second kappa shape index (κ2) is 8.47. The molecule has 5 nitrogen and oxygen atoms in total. The van der Waals surface area contributed by atoms with Crippen molar-refractivity contribution in [3.8, 4) is 0 Å². The van der Waals surface area contributed by atoms with Crippen molar-refractivity contribution >= 4 is 11.8 Å². The Bertz CT molecular complexity index is 352. The Hall–Kier alpha value is -1.62. The zero-order valence-corrected chi connectivity index (χ0v) is 11.0. The molecule has 18 heavy (non-hydrogen) atoms. The van der Waals surface area contributed by atoms with Crippen LogP contribution < -0.4 is 10.6 Å². The van der Waals surface area contributed by atoms with Gasteiger partial charge in [0.1, 0.15) is 5.82 Å². The molecule has 0 saturated carbocycles. The van der Waals surface area contributed by atoms with Crippen LogP contribution in [-0.4, -0.2) is 37.2 Å². The monoisotopic (exact) mass is 251 g/mol. The molecule has 1 rings (SSSR count). The summed E-state index contributed by atoms with van der Waals surface area (Å²) in [5, 5.41) is 6.45. The van der Waals surface area contributed by atoms with E-state index in [1.165, 1.54) is 6.20 Å². The van der Waals surface area contributed by atoms with Gasteiger partial charge in [0.2, 0.25) is 0 Å². The van der Waals surface area contributed by atoms with Gasteiger partial charge >= 0.3 is 5.97 Å². The standard InChI is InChI=1S/C13H21N3O2/c1-3-14-8-5-9-15-12-7-6-11(10-16-12)13(17)18-4-2/h6-7,10,14H,3-5,8-9H2,1-2H3,(H,15,16). The van der Waals surface area contributed by atoms with Gasteiger partial charge in [0.15, 0.2) is 0 Å². The summed E-state index contributed by atoms with van der Waals surface area (Å²) in [6, 6.07) is 3.51. The van der Waals surface area contributed by atoms with Gasteiger partial charge in [-0.3, -0.25) is 0 Å². The Labute approximate surface area is 108 Å². The lowest BCUT2D eigenvalue weighted by molar-refractivity contribution is 0.0526. The molecule has 0 aliphatic heterocycles. The van der Waals surface area contributed by atoms with Crippen LogP contribution >= 0.6 is 0 Å². The molecular formula is C13H21N3O2. The summed E-state index contributed by atoms with van der Waals surface area (Å²) in [5.41, 5.74) is 0.482. The van der Waals surface area contributed by atoms with Crippen molar-refractivity contribution in [2.45, 2.75) is 20.3 Å². The van der Waals surface area contributed by atoms with Crippen LogP contribution in [0.2, 0.25) is 0 Å². The van der Waals surface area contributed by atoms with E-state index in [2.05, 4.69) is 22.5 Å². The van der Waals surface area contributed by atoms with Crippen LogP contribution in [0, 0.1) is 0 Å². The highest BCUT2D eigenvalue weighted by atomic mass is 16.5. The molecule has 100 valence electrons. The second-order valence-electron chi connectivity index (χ2n) is 3.79. The normalized spacial score (nSPS) is 10.1. The average molecular weight is 251 g/mol. The van der Waals surface area contributed by atoms with Gasteiger partial charge in [-0.1, -0.05) is 6.92 Å². The first kappa shape index (κ1) is 14.4. The number of hydrogen-bond acceptors (Lipinski definition) is 5. The molecule has 1 aromatic rings. The molecule has 1 heterocycles. The van der Waals surface area contributed by atoms with Gasteiger partial charge in [0.05, 0.1) is 12.2 Å². The summed E-state index contributed by atoms with van der Waals surface area (Å²) in [6.07, 6.45) is 2.57. The molecule has 1 aromatic heterocycles. The van der Waals surface area contributed by atoms with Gasteiger partial charge in [0, 0.05) is 12.7 Å².